The van der Waals surface area contributed by atoms with Crippen molar-refractivity contribution in [3.8, 4) is 5.75 Å². The summed E-state index contributed by atoms with van der Waals surface area (Å²) in [6.07, 6.45) is 0. The van der Waals surface area contributed by atoms with E-state index in [1.165, 1.54) is 11.3 Å². The van der Waals surface area contributed by atoms with Crippen LogP contribution in [-0.4, -0.2) is 37.8 Å². The fourth-order valence-electron chi connectivity index (χ4n) is 3.24. The maximum absolute atomic E-state index is 12.6. The van der Waals surface area contributed by atoms with Crippen molar-refractivity contribution in [2.75, 3.05) is 19.8 Å². The summed E-state index contributed by atoms with van der Waals surface area (Å²) in [6, 6.07) is 9.94. The molecular formula is C24H28N2O6S. The van der Waals surface area contributed by atoms with E-state index in [0.717, 1.165) is 10.4 Å². The molecule has 1 atom stereocenters. The average molecular weight is 473 g/mol. The Balaban J connectivity index is 1.67. The molecule has 1 aromatic carbocycles. The van der Waals surface area contributed by atoms with Crippen LogP contribution in [-0.2, 0) is 24.5 Å². The Kier molecular flexibility index (Phi) is 7.75. The number of amides is 2. The van der Waals surface area contributed by atoms with Crippen molar-refractivity contribution in [3.05, 3.63) is 63.5 Å². The van der Waals surface area contributed by atoms with Gasteiger partial charge < -0.3 is 24.8 Å². The second kappa shape index (κ2) is 10.5. The number of urea groups is 1. The number of hydrogen-bond acceptors (Lipinski definition) is 7. The number of rotatable bonds is 8. The van der Waals surface area contributed by atoms with E-state index in [9.17, 15) is 14.4 Å². The van der Waals surface area contributed by atoms with Crippen molar-refractivity contribution in [3.63, 3.8) is 0 Å². The molecule has 8 nitrogen and oxygen atoms in total. The Labute approximate surface area is 196 Å². The Morgan fingerprint density at radius 1 is 1.09 bits per heavy atom. The lowest BCUT2D eigenvalue weighted by molar-refractivity contribution is -0.145. The summed E-state index contributed by atoms with van der Waals surface area (Å²) in [6.45, 7) is 7.60. The van der Waals surface area contributed by atoms with Crippen LogP contribution in [0.25, 0.3) is 0 Å². The first-order valence-corrected chi connectivity index (χ1v) is 11.5. The van der Waals surface area contributed by atoms with E-state index in [1.54, 1.807) is 19.1 Å². The number of hydrogen-bond donors (Lipinski definition) is 2. The Bertz CT molecular complexity index is 1020. The standard InChI is InChI=1S/C24H28N2O6S/c1-5-30-22(28)20-17(25-23(29)26-21(20)18-7-6-12-33-18)13-32-19(27)14-31-16-10-8-15(9-11-16)24(2,3)4/h6-12,21H,5,13-14H2,1-4H3,(H2,25,26,29)/t21-/m0/s1. The molecule has 0 saturated heterocycles. The molecule has 1 aliphatic rings. The molecule has 1 aromatic heterocycles. The topological polar surface area (TPSA) is 103 Å². The lowest BCUT2D eigenvalue weighted by Crippen LogP contribution is -2.47. The van der Waals surface area contributed by atoms with Crippen LogP contribution in [0.3, 0.4) is 0 Å². The quantitative estimate of drug-likeness (QED) is 0.566. The van der Waals surface area contributed by atoms with E-state index in [0.29, 0.717) is 5.75 Å². The van der Waals surface area contributed by atoms with E-state index < -0.39 is 24.0 Å². The Morgan fingerprint density at radius 3 is 2.42 bits per heavy atom. The first kappa shape index (κ1) is 24.3. The van der Waals surface area contributed by atoms with Crippen molar-refractivity contribution < 1.29 is 28.6 Å². The smallest absolute Gasteiger partial charge is 0.344 e. The Hall–Kier alpha value is -3.33. The highest BCUT2D eigenvalue weighted by Crippen LogP contribution is 2.30. The molecule has 0 saturated carbocycles. The fraction of sp³-hybridized carbons (Fsp3) is 0.375. The van der Waals surface area contributed by atoms with Crippen LogP contribution in [0.15, 0.2) is 53.0 Å². The predicted molar refractivity (Wildman–Crippen MR) is 124 cm³/mol. The number of benzene rings is 1. The van der Waals surface area contributed by atoms with Crippen LogP contribution in [0.2, 0.25) is 0 Å². The van der Waals surface area contributed by atoms with Gasteiger partial charge in [0.1, 0.15) is 12.4 Å². The van der Waals surface area contributed by atoms with Crippen molar-refractivity contribution in [1.29, 1.82) is 0 Å². The molecule has 1 aliphatic heterocycles. The highest BCUT2D eigenvalue weighted by Gasteiger charge is 2.34. The zero-order chi connectivity index (χ0) is 24.0. The molecule has 2 N–H and O–H groups in total. The lowest BCUT2D eigenvalue weighted by Gasteiger charge is -2.28. The Morgan fingerprint density at radius 2 is 1.82 bits per heavy atom. The van der Waals surface area contributed by atoms with Crippen LogP contribution >= 0.6 is 11.3 Å². The number of carbonyl (C=O) groups is 3. The molecule has 0 bridgehead atoms. The molecule has 0 spiro atoms. The number of carbonyl (C=O) groups excluding carboxylic acids is 3. The molecule has 2 amide bonds. The summed E-state index contributed by atoms with van der Waals surface area (Å²) < 4.78 is 16.0. The van der Waals surface area contributed by atoms with Gasteiger partial charge in [-0.3, -0.25) is 0 Å². The summed E-state index contributed by atoms with van der Waals surface area (Å²) in [4.78, 5) is 37.9. The molecule has 176 valence electrons. The normalized spacial score (nSPS) is 16.0. The van der Waals surface area contributed by atoms with Crippen molar-refractivity contribution in [2.24, 2.45) is 0 Å². The minimum absolute atomic E-state index is 0.0159. The molecular weight excluding hydrogens is 444 g/mol. The predicted octanol–water partition coefficient (Wildman–Crippen LogP) is 3.84. The highest BCUT2D eigenvalue weighted by atomic mass is 32.1. The molecule has 33 heavy (non-hydrogen) atoms. The monoisotopic (exact) mass is 472 g/mol. The van der Waals surface area contributed by atoms with Crippen LogP contribution in [0.4, 0.5) is 4.79 Å². The highest BCUT2D eigenvalue weighted by molar-refractivity contribution is 7.10. The first-order chi connectivity index (χ1) is 15.7. The van der Waals surface area contributed by atoms with Crippen LogP contribution in [0, 0.1) is 0 Å². The summed E-state index contributed by atoms with van der Waals surface area (Å²) in [7, 11) is 0. The van der Waals surface area contributed by atoms with E-state index in [1.807, 2.05) is 29.6 Å². The van der Waals surface area contributed by atoms with Gasteiger partial charge in [0.15, 0.2) is 6.61 Å². The van der Waals surface area contributed by atoms with Gasteiger partial charge in [0, 0.05) is 4.88 Å². The molecule has 9 heteroatoms. The van der Waals surface area contributed by atoms with Gasteiger partial charge in [0.2, 0.25) is 0 Å². The second-order valence-electron chi connectivity index (χ2n) is 8.38. The molecule has 2 aromatic rings. The van der Waals surface area contributed by atoms with Gasteiger partial charge in [-0.15, -0.1) is 11.3 Å². The van der Waals surface area contributed by atoms with E-state index in [4.69, 9.17) is 14.2 Å². The lowest BCUT2D eigenvalue weighted by atomic mass is 9.87. The van der Waals surface area contributed by atoms with Crippen molar-refractivity contribution >= 4 is 29.3 Å². The number of ether oxygens (including phenoxy) is 3. The van der Waals surface area contributed by atoms with Gasteiger partial charge in [-0.25, -0.2) is 14.4 Å². The third-order valence-corrected chi connectivity index (χ3v) is 5.87. The fourth-order valence-corrected chi connectivity index (χ4v) is 4.02. The molecule has 2 heterocycles. The van der Waals surface area contributed by atoms with E-state index in [2.05, 4.69) is 31.4 Å². The number of nitrogens with one attached hydrogen (secondary N) is 2. The maximum atomic E-state index is 12.6. The molecule has 0 fully saturated rings. The third kappa shape index (κ3) is 6.35. The van der Waals surface area contributed by atoms with Crippen LogP contribution in [0.5, 0.6) is 5.75 Å². The van der Waals surface area contributed by atoms with Gasteiger partial charge >= 0.3 is 18.0 Å². The van der Waals surface area contributed by atoms with Crippen molar-refractivity contribution in [2.45, 2.75) is 39.2 Å². The van der Waals surface area contributed by atoms with Crippen molar-refractivity contribution in [1.82, 2.24) is 10.6 Å². The summed E-state index contributed by atoms with van der Waals surface area (Å²) in [5.41, 5.74) is 1.55. The van der Waals surface area contributed by atoms with Gasteiger partial charge in [-0.2, -0.15) is 0 Å². The third-order valence-electron chi connectivity index (χ3n) is 4.93. The van der Waals surface area contributed by atoms with Gasteiger partial charge in [-0.05, 0) is 41.5 Å². The van der Waals surface area contributed by atoms with Crippen LogP contribution < -0.4 is 15.4 Å². The summed E-state index contributed by atoms with van der Waals surface area (Å²) in [5, 5.41) is 7.13. The van der Waals surface area contributed by atoms with Gasteiger partial charge in [0.05, 0.1) is 23.9 Å². The van der Waals surface area contributed by atoms with Gasteiger partial charge in [-0.1, -0.05) is 39.0 Å². The first-order valence-electron chi connectivity index (χ1n) is 10.6. The molecule has 3 rings (SSSR count). The zero-order valence-electron chi connectivity index (χ0n) is 19.1. The SMILES string of the molecule is CCOC(=O)C1=C(COC(=O)COc2ccc(C(C)(C)C)cc2)NC(=O)N[C@H]1c1cccs1. The molecule has 0 aliphatic carbocycles. The minimum Gasteiger partial charge on any atom is -0.482 e. The minimum atomic E-state index is -0.691. The number of esters is 2. The van der Waals surface area contributed by atoms with E-state index >= 15 is 0 Å². The second-order valence-corrected chi connectivity index (χ2v) is 9.36. The average Bonchev–Trinajstić information content (AvgIpc) is 3.30. The maximum Gasteiger partial charge on any atom is 0.344 e. The molecule has 0 unspecified atom stereocenters. The zero-order valence-corrected chi connectivity index (χ0v) is 19.9. The van der Waals surface area contributed by atoms with E-state index in [-0.39, 0.29) is 36.5 Å². The largest absolute Gasteiger partial charge is 0.482 e. The summed E-state index contributed by atoms with van der Waals surface area (Å²) >= 11 is 1.39. The molecule has 0 radical (unpaired) electrons. The number of thiophene rings is 1. The van der Waals surface area contributed by atoms with Gasteiger partial charge in [0.25, 0.3) is 0 Å². The summed E-state index contributed by atoms with van der Waals surface area (Å²) in [5.74, 6) is -0.685. The van der Waals surface area contributed by atoms with Crippen LogP contribution in [0.1, 0.15) is 44.2 Å².